The van der Waals surface area contributed by atoms with Crippen LogP contribution in [0.1, 0.15) is 22.3 Å². The Bertz CT molecular complexity index is 558. The summed E-state index contributed by atoms with van der Waals surface area (Å²) in [6.07, 6.45) is 0. The first-order valence-corrected chi connectivity index (χ1v) is 6.27. The minimum absolute atomic E-state index is 0.243. The average molecular weight is 259 g/mol. The molecule has 0 saturated heterocycles. The van der Waals surface area contributed by atoms with Crippen LogP contribution in [-0.4, -0.2) is 0 Å². The molecule has 2 rings (SSSR count). The number of hydrogen-bond acceptors (Lipinski definition) is 2. The van der Waals surface area contributed by atoms with Crippen LogP contribution in [-0.2, 0) is 13.2 Å². The summed E-state index contributed by atoms with van der Waals surface area (Å²) in [5.41, 5.74) is 9.65. The van der Waals surface area contributed by atoms with E-state index in [9.17, 15) is 4.39 Å². The number of nitrogens with two attached hydrogens (primary N) is 1. The third kappa shape index (κ3) is 3.32. The lowest BCUT2D eigenvalue weighted by atomic mass is 10.1. The van der Waals surface area contributed by atoms with Gasteiger partial charge in [-0.1, -0.05) is 24.3 Å². The fraction of sp³-hybridized carbons (Fsp3) is 0.250. The summed E-state index contributed by atoms with van der Waals surface area (Å²) in [6.45, 7) is 4.87. The standard InChI is InChI=1S/C16H18FNO/c1-11-6-14(9-18)7-12(2)16(11)19-10-13-4-3-5-15(17)8-13/h3-8H,9-10,18H2,1-2H3. The van der Waals surface area contributed by atoms with Gasteiger partial charge in [-0.2, -0.15) is 0 Å². The second-order valence-electron chi connectivity index (χ2n) is 4.68. The monoisotopic (exact) mass is 259 g/mol. The average Bonchev–Trinajstić information content (AvgIpc) is 2.37. The van der Waals surface area contributed by atoms with Crippen molar-refractivity contribution in [2.75, 3.05) is 0 Å². The Morgan fingerprint density at radius 1 is 1.05 bits per heavy atom. The zero-order chi connectivity index (χ0) is 13.8. The van der Waals surface area contributed by atoms with E-state index in [4.69, 9.17) is 10.5 Å². The van der Waals surface area contributed by atoms with Crippen molar-refractivity contribution in [3.63, 3.8) is 0 Å². The molecule has 3 heteroatoms. The fourth-order valence-corrected chi connectivity index (χ4v) is 2.17. The van der Waals surface area contributed by atoms with Gasteiger partial charge in [-0.25, -0.2) is 4.39 Å². The zero-order valence-corrected chi connectivity index (χ0v) is 11.2. The van der Waals surface area contributed by atoms with Gasteiger partial charge in [0.1, 0.15) is 18.2 Å². The van der Waals surface area contributed by atoms with Gasteiger partial charge in [0.15, 0.2) is 0 Å². The van der Waals surface area contributed by atoms with Gasteiger partial charge in [0.05, 0.1) is 0 Å². The smallest absolute Gasteiger partial charge is 0.125 e. The molecule has 0 aliphatic carbocycles. The number of hydrogen-bond donors (Lipinski definition) is 1. The first-order chi connectivity index (χ1) is 9.10. The van der Waals surface area contributed by atoms with Gasteiger partial charge in [-0.05, 0) is 48.2 Å². The van der Waals surface area contributed by atoms with Gasteiger partial charge in [-0.3, -0.25) is 0 Å². The molecule has 2 nitrogen and oxygen atoms in total. The predicted molar refractivity (Wildman–Crippen MR) is 74.5 cm³/mol. The molecule has 2 aromatic rings. The van der Waals surface area contributed by atoms with Crippen molar-refractivity contribution >= 4 is 0 Å². The number of aryl methyl sites for hydroxylation is 2. The van der Waals surface area contributed by atoms with Crippen molar-refractivity contribution < 1.29 is 9.13 Å². The largest absolute Gasteiger partial charge is 0.488 e. The summed E-state index contributed by atoms with van der Waals surface area (Å²) in [4.78, 5) is 0. The normalized spacial score (nSPS) is 10.5. The number of ether oxygens (including phenoxy) is 1. The summed E-state index contributed by atoms with van der Waals surface area (Å²) >= 11 is 0. The highest BCUT2D eigenvalue weighted by Crippen LogP contribution is 2.25. The highest BCUT2D eigenvalue weighted by molar-refractivity contribution is 5.43. The molecule has 0 radical (unpaired) electrons. The molecule has 19 heavy (non-hydrogen) atoms. The highest BCUT2D eigenvalue weighted by atomic mass is 19.1. The molecule has 0 bridgehead atoms. The van der Waals surface area contributed by atoms with Crippen LogP contribution in [0, 0.1) is 19.7 Å². The molecule has 0 saturated carbocycles. The topological polar surface area (TPSA) is 35.2 Å². The van der Waals surface area contributed by atoms with Gasteiger partial charge < -0.3 is 10.5 Å². The Balaban J connectivity index is 2.16. The maximum Gasteiger partial charge on any atom is 0.125 e. The summed E-state index contributed by atoms with van der Waals surface area (Å²) < 4.78 is 18.9. The molecule has 0 aliphatic rings. The lowest BCUT2D eigenvalue weighted by Crippen LogP contribution is -2.02. The molecule has 0 unspecified atom stereocenters. The molecule has 2 N–H and O–H groups in total. The van der Waals surface area contributed by atoms with Crippen LogP contribution < -0.4 is 10.5 Å². The number of halogens is 1. The van der Waals surface area contributed by atoms with Gasteiger partial charge >= 0.3 is 0 Å². The molecule has 100 valence electrons. The number of rotatable bonds is 4. The van der Waals surface area contributed by atoms with Gasteiger partial charge in [0, 0.05) is 6.54 Å². The summed E-state index contributed by atoms with van der Waals surface area (Å²) in [5.74, 6) is 0.606. The van der Waals surface area contributed by atoms with Crippen LogP contribution in [0.15, 0.2) is 36.4 Å². The summed E-state index contributed by atoms with van der Waals surface area (Å²) in [7, 11) is 0. The van der Waals surface area contributed by atoms with Crippen LogP contribution in [0.3, 0.4) is 0 Å². The molecular weight excluding hydrogens is 241 g/mol. The molecule has 2 aromatic carbocycles. The quantitative estimate of drug-likeness (QED) is 0.912. The molecule has 0 fully saturated rings. The second kappa shape index (κ2) is 5.85. The van der Waals surface area contributed by atoms with Crippen LogP contribution in [0.4, 0.5) is 4.39 Å². The SMILES string of the molecule is Cc1cc(CN)cc(C)c1OCc1cccc(F)c1. The lowest BCUT2D eigenvalue weighted by molar-refractivity contribution is 0.301. The van der Waals surface area contributed by atoms with Crippen molar-refractivity contribution in [3.8, 4) is 5.75 Å². The van der Waals surface area contributed by atoms with Gasteiger partial charge in [-0.15, -0.1) is 0 Å². The molecular formula is C16H18FNO. The Hall–Kier alpha value is -1.87. The molecule has 0 spiro atoms. The summed E-state index contributed by atoms with van der Waals surface area (Å²) in [5, 5.41) is 0. The molecule has 0 aromatic heterocycles. The first kappa shape index (κ1) is 13.6. The van der Waals surface area contributed by atoms with Gasteiger partial charge in [0.2, 0.25) is 0 Å². The van der Waals surface area contributed by atoms with E-state index in [1.165, 1.54) is 12.1 Å². The fourth-order valence-electron chi connectivity index (χ4n) is 2.17. The Labute approximate surface area is 113 Å². The van der Waals surface area contributed by atoms with E-state index in [1.807, 2.05) is 32.0 Å². The van der Waals surface area contributed by atoms with Crippen molar-refractivity contribution in [2.24, 2.45) is 5.73 Å². The van der Waals surface area contributed by atoms with E-state index < -0.39 is 0 Å². The Kier molecular flexibility index (Phi) is 4.17. The van der Waals surface area contributed by atoms with E-state index in [-0.39, 0.29) is 5.82 Å². The molecule has 0 atom stereocenters. The van der Waals surface area contributed by atoms with Crippen LogP contribution in [0.5, 0.6) is 5.75 Å². The highest BCUT2D eigenvalue weighted by Gasteiger charge is 2.06. The van der Waals surface area contributed by atoms with Crippen LogP contribution in [0.2, 0.25) is 0 Å². The van der Waals surface area contributed by atoms with E-state index in [1.54, 1.807) is 6.07 Å². The molecule has 0 amide bonds. The minimum atomic E-state index is -0.243. The van der Waals surface area contributed by atoms with E-state index in [0.717, 1.165) is 28.0 Å². The van der Waals surface area contributed by atoms with Crippen molar-refractivity contribution in [3.05, 3.63) is 64.5 Å². The Morgan fingerprint density at radius 2 is 1.74 bits per heavy atom. The molecule has 0 heterocycles. The van der Waals surface area contributed by atoms with E-state index >= 15 is 0 Å². The van der Waals surface area contributed by atoms with E-state index in [0.29, 0.717) is 13.2 Å². The molecule has 0 aliphatic heterocycles. The van der Waals surface area contributed by atoms with Crippen molar-refractivity contribution in [2.45, 2.75) is 27.0 Å². The van der Waals surface area contributed by atoms with Gasteiger partial charge in [0.25, 0.3) is 0 Å². The first-order valence-electron chi connectivity index (χ1n) is 6.27. The summed E-state index contributed by atoms with van der Waals surface area (Å²) in [6, 6.07) is 10.5. The van der Waals surface area contributed by atoms with Crippen LogP contribution in [0.25, 0.3) is 0 Å². The maximum atomic E-state index is 13.1. The predicted octanol–water partition coefficient (Wildman–Crippen LogP) is 3.48. The van der Waals surface area contributed by atoms with Crippen LogP contribution >= 0.6 is 0 Å². The maximum absolute atomic E-state index is 13.1. The Morgan fingerprint density at radius 3 is 2.32 bits per heavy atom. The number of benzene rings is 2. The zero-order valence-electron chi connectivity index (χ0n) is 11.2. The minimum Gasteiger partial charge on any atom is -0.488 e. The van der Waals surface area contributed by atoms with Crippen molar-refractivity contribution in [1.82, 2.24) is 0 Å². The lowest BCUT2D eigenvalue weighted by Gasteiger charge is -2.13. The van der Waals surface area contributed by atoms with E-state index in [2.05, 4.69) is 0 Å². The third-order valence-electron chi connectivity index (χ3n) is 3.03. The van der Waals surface area contributed by atoms with Crippen molar-refractivity contribution in [1.29, 1.82) is 0 Å². The third-order valence-corrected chi connectivity index (χ3v) is 3.03. The second-order valence-corrected chi connectivity index (χ2v) is 4.68.